The lowest BCUT2D eigenvalue weighted by Gasteiger charge is -2.22. The van der Waals surface area contributed by atoms with Crippen molar-refractivity contribution >= 4 is 0 Å². The summed E-state index contributed by atoms with van der Waals surface area (Å²) in [5.74, 6) is 0.795. The lowest BCUT2D eigenvalue weighted by atomic mass is 9.85. The molecule has 2 aromatic rings. The maximum Gasteiger partial charge on any atom is 0.0551 e. The highest BCUT2D eigenvalue weighted by Gasteiger charge is 2.18. The van der Waals surface area contributed by atoms with Crippen molar-refractivity contribution in [3.8, 4) is 0 Å². The van der Waals surface area contributed by atoms with Gasteiger partial charge in [0, 0.05) is 5.92 Å². The molecule has 20 heavy (non-hydrogen) atoms. The highest BCUT2D eigenvalue weighted by Crippen LogP contribution is 2.30. The van der Waals surface area contributed by atoms with Crippen LogP contribution in [0.4, 0.5) is 0 Å². The van der Waals surface area contributed by atoms with Crippen LogP contribution in [0.15, 0.2) is 60.7 Å². The van der Waals surface area contributed by atoms with Gasteiger partial charge in [0.1, 0.15) is 0 Å². The van der Waals surface area contributed by atoms with Gasteiger partial charge in [0.2, 0.25) is 0 Å². The molecular formula is C19H24O. The van der Waals surface area contributed by atoms with Crippen LogP contribution >= 0.6 is 0 Å². The van der Waals surface area contributed by atoms with Crippen molar-refractivity contribution in [1.82, 2.24) is 0 Å². The maximum absolute atomic E-state index is 10.3. The Hall–Kier alpha value is -1.60. The van der Waals surface area contributed by atoms with Gasteiger partial charge in [-0.05, 0) is 29.9 Å². The van der Waals surface area contributed by atoms with E-state index < -0.39 is 0 Å². The molecule has 0 radical (unpaired) electrons. The van der Waals surface area contributed by atoms with E-state index >= 15 is 0 Å². The average molecular weight is 268 g/mol. The van der Waals surface area contributed by atoms with Crippen LogP contribution in [0.2, 0.25) is 0 Å². The lowest BCUT2D eigenvalue weighted by molar-refractivity contribution is 0.134. The second-order valence-electron chi connectivity index (χ2n) is 5.89. The number of rotatable bonds is 6. The van der Waals surface area contributed by atoms with Gasteiger partial charge in [-0.3, -0.25) is 0 Å². The van der Waals surface area contributed by atoms with Crippen molar-refractivity contribution < 1.29 is 5.11 Å². The molecule has 1 nitrogen and oxygen atoms in total. The number of aliphatic hydroxyl groups is 1. The SMILES string of the molecule is CC(C)CC(O)CC(c1ccccc1)c1ccccc1. The predicted molar refractivity (Wildman–Crippen MR) is 84.8 cm³/mol. The zero-order chi connectivity index (χ0) is 14.4. The Morgan fingerprint density at radius 3 is 1.60 bits per heavy atom. The largest absolute Gasteiger partial charge is 0.393 e. The average Bonchev–Trinajstić information content (AvgIpc) is 2.46. The standard InChI is InChI=1S/C19H24O/c1-15(2)13-18(20)14-19(16-9-5-3-6-10-16)17-11-7-4-8-12-17/h3-12,15,18-20H,13-14H2,1-2H3. The Morgan fingerprint density at radius 1 is 0.750 bits per heavy atom. The summed E-state index contributed by atoms with van der Waals surface area (Å²) in [4.78, 5) is 0. The molecule has 1 unspecified atom stereocenters. The van der Waals surface area contributed by atoms with Gasteiger partial charge in [-0.25, -0.2) is 0 Å². The highest BCUT2D eigenvalue weighted by atomic mass is 16.3. The van der Waals surface area contributed by atoms with Crippen molar-refractivity contribution in [2.75, 3.05) is 0 Å². The Kier molecular flexibility index (Phi) is 5.37. The van der Waals surface area contributed by atoms with Gasteiger partial charge in [-0.1, -0.05) is 74.5 Å². The second kappa shape index (κ2) is 7.25. The third-order valence-corrected chi connectivity index (χ3v) is 3.66. The first-order valence-corrected chi connectivity index (χ1v) is 7.44. The van der Waals surface area contributed by atoms with Crippen LogP contribution in [0.1, 0.15) is 43.7 Å². The van der Waals surface area contributed by atoms with Crippen molar-refractivity contribution in [2.24, 2.45) is 5.92 Å². The molecule has 1 N–H and O–H groups in total. The zero-order valence-electron chi connectivity index (χ0n) is 12.4. The van der Waals surface area contributed by atoms with Crippen LogP contribution < -0.4 is 0 Å². The molecule has 0 fully saturated rings. The van der Waals surface area contributed by atoms with E-state index in [0.29, 0.717) is 5.92 Å². The highest BCUT2D eigenvalue weighted by molar-refractivity contribution is 5.32. The third-order valence-electron chi connectivity index (χ3n) is 3.66. The molecule has 0 saturated carbocycles. The maximum atomic E-state index is 10.3. The second-order valence-corrected chi connectivity index (χ2v) is 5.89. The van der Waals surface area contributed by atoms with Gasteiger partial charge in [0.15, 0.2) is 0 Å². The molecule has 0 heterocycles. The number of hydrogen-bond acceptors (Lipinski definition) is 1. The minimum absolute atomic E-state index is 0.250. The van der Waals surface area contributed by atoms with Gasteiger partial charge in [-0.2, -0.15) is 0 Å². The van der Waals surface area contributed by atoms with Gasteiger partial charge in [0.25, 0.3) is 0 Å². The first-order valence-electron chi connectivity index (χ1n) is 7.44. The summed E-state index contributed by atoms with van der Waals surface area (Å²) < 4.78 is 0. The molecule has 1 atom stereocenters. The fraction of sp³-hybridized carbons (Fsp3) is 0.368. The van der Waals surface area contributed by atoms with E-state index in [0.717, 1.165) is 12.8 Å². The summed E-state index contributed by atoms with van der Waals surface area (Å²) in [6, 6.07) is 21.0. The van der Waals surface area contributed by atoms with Crippen LogP contribution in [0.25, 0.3) is 0 Å². The molecule has 2 aromatic carbocycles. The van der Waals surface area contributed by atoms with Crippen molar-refractivity contribution in [3.63, 3.8) is 0 Å². The van der Waals surface area contributed by atoms with Gasteiger partial charge in [-0.15, -0.1) is 0 Å². The van der Waals surface area contributed by atoms with E-state index in [2.05, 4.69) is 62.4 Å². The normalized spacial score (nSPS) is 12.8. The summed E-state index contributed by atoms with van der Waals surface area (Å²) in [6.07, 6.45) is 1.39. The molecule has 0 spiro atoms. The van der Waals surface area contributed by atoms with Crippen LogP contribution in [0.3, 0.4) is 0 Å². The quantitative estimate of drug-likeness (QED) is 0.810. The first kappa shape index (κ1) is 14.8. The number of aliphatic hydroxyl groups excluding tert-OH is 1. The molecule has 1 heteroatoms. The third kappa shape index (κ3) is 4.21. The summed E-state index contributed by atoms with van der Waals surface area (Å²) in [5.41, 5.74) is 2.56. The van der Waals surface area contributed by atoms with Gasteiger partial charge < -0.3 is 5.11 Å². The Labute approximate surface area is 122 Å². The predicted octanol–water partition coefficient (Wildman–Crippen LogP) is 4.62. The van der Waals surface area contributed by atoms with E-state index in [1.165, 1.54) is 11.1 Å². The Bertz CT molecular complexity index is 450. The number of benzene rings is 2. The van der Waals surface area contributed by atoms with Gasteiger partial charge in [0.05, 0.1) is 6.10 Å². The van der Waals surface area contributed by atoms with Crippen LogP contribution in [0, 0.1) is 5.92 Å². The van der Waals surface area contributed by atoms with Crippen molar-refractivity contribution in [2.45, 2.75) is 38.7 Å². The smallest absolute Gasteiger partial charge is 0.0551 e. The number of hydrogen-bond donors (Lipinski definition) is 1. The summed E-state index contributed by atoms with van der Waals surface area (Å²) in [5, 5.41) is 10.3. The van der Waals surface area contributed by atoms with E-state index in [1.54, 1.807) is 0 Å². The fourth-order valence-electron chi connectivity index (χ4n) is 2.75. The van der Waals surface area contributed by atoms with E-state index in [-0.39, 0.29) is 12.0 Å². The summed E-state index contributed by atoms with van der Waals surface area (Å²) in [6.45, 7) is 4.31. The van der Waals surface area contributed by atoms with Crippen LogP contribution in [-0.2, 0) is 0 Å². The van der Waals surface area contributed by atoms with Crippen LogP contribution in [-0.4, -0.2) is 11.2 Å². The summed E-state index contributed by atoms with van der Waals surface area (Å²) >= 11 is 0. The summed E-state index contributed by atoms with van der Waals surface area (Å²) in [7, 11) is 0. The molecule has 0 amide bonds. The lowest BCUT2D eigenvalue weighted by Crippen LogP contribution is -2.15. The van der Waals surface area contributed by atoms with Crippen molar-refractivity contribution in [1.29, 1.82) is 0 Å². The minimum Gasteiger partial charge on any atom is -0.393 e. The molecule has 0 aliphatic carbocycles. The first-order chi connectivity index (χ1) is 9.66. The molecule has 0 saturated heterocycles. The van der Waals surface area contributed by atoms with E-state index in [4.69, 9.17) is 0 Å². The molecule has 106 valence electrons. The molecule has 2 rings (SSSR count). The minimum atomic E-state index is -0.250. The topological polar surface area (TPSA) is 20.2 Å². The molecule has 0 aliphatic rings. The fourth-order valence-corrected chi connectivity index (χ4v) is 2.75. The molecule has 0 bridgehead atoms. The van der Waals surface area contributed by atoms with E-state index in [1.807, 2.05) is 12.1 Å². The zero-order valence-corrected chi connectivity index (χ0v) is 12.4. The van der Waals surface area contributed by atoms with E-state index in [9.17, 15) is 5.11 Å². The Morgan fingerprint density at radius 2 is 1.20 bits per heavy atom. The van der Waals surface area contributed by atoms with Gasteiger partial charge >= 0.3 is 0 Å². The Balaban J connectivity index is 2.21. The van der Waals surface area contributed by atoms with Crippen LogP contribution in [0.5, 0.6) is 0 Å². The molecular weight excluding hydrogens is 244 g/mol. The molecule has 0 aliphatic heterocycles. The van der Waals surface area contributed by atoms with Crippen molar-refractivity contribution in [3.05, 3.63) is 71.8 Å². The molecule has 0 aromatic heterocycles. The monoisotopic (exact) mass is 268 g/mol.